The van der Waals surface area contributed by atoms with Gasteiger partial charge in [0.2, 0.25) is 11.8 Å². The van der Waals surface area contributed by atoms with Crippen LogP contribution in [0, 0.1) is 11.8 Å². The number of hydrogen-bond acceptors (Lipinski definition) is 3. The third kappa shape index (κ3) is 3.67. The van der Waals surface area contributed by atoms with Crippen molar-refractivity contribution in [2.24, 2.45) is 11.8 Å². The molecule has 0 spiro atoms. The van der Waals surface area contributed by atoms with Gasteiger partial charge in [0.15, 0.2) is 0 Å². The second-order valence-electron chi connectivity index (χ2n) is 7.05. The summed E-state index contributed by atoms with van der Waals surface area (Å²) in [7, 11) is 0. The van der Waals surface area contributed by atoms with Crippen molar-refractivity contribution in [1.29, 1.82) is 0 Å². The van der Waals surface area contributed by atoms with Gasteiger partial charge in [-0.15, -0.1) is 0 Å². The maximum Gasteiger partial charge on any atom is 0.326 e. The van der Waals surface area contributed by atoms with Crippen LogP contribution in [-0.2, 0) is 14.4 Å². The number of carboxylic acids is 1. The Bertz CT molecular complexity index is 661. The zero-order valence-electron chi connectivity index (χ0n) is 14.4. The van der Waals surface area contributed by atoms with Crippen LogP contribution in [0.5, 0.6) is 0 Å². The van der Waals surface area contributed by atoms with E-state index in [1.807, 2.05) is 30.3 Å². The van der Waals surface area contributed by atoms with Crippen LogP contribution in [0.1, 0.15) is 44.2 Å². The van der Waals surface area contributed by atoms with E-state index in [0.29, 0.717) is 12.5 Å². The number of likely N-dealkylation sites (tertiary alicyclic amines) is 1. The smallest absolute Gasteiger partial charge is 0.326 e. The predicted molar refractivity (Wildman–Crippen MR) is 91.6 cm³/mol. The molecule has 0 bridgehead atoms. The predicted octanol–water partition coefficient (Wildman–Crippen LogP) is 1.97. The molecule has 1 aromatic carbocycles. The lowest BCUT2D eigenvalue weighted by Gasteiger charge is -2.27. The Morgan fingerprint density at radius 2 is 1.96 bits per heavy atom. The maximum absolute atomic E-state index is 12.9. The molecule has 1 aromatic rings. The van der Waals surface area contributed by atoms with Gasteiger partial charge in [-0.25, -0.2) is 4.79 Å². The van der Waals surface area contributed by atoms with Crippen molar-refractivity contribution in [1.82, 2.24) is 10.2 Å². The van der Waals surface area contributed by atoms with E-state index in [1.54, 1.807) is 0 Å². The quantitative estimate of drug-likeness (QED) is 0.855. The highest BCUT2D eigenvalue weighted by molar-refractivity contribution is 5.85. The summed E-state index contributed by atoms with van der Waals surface area (Å²) in [4.78, 5) is 37.7. The van der Waals surface area contributed by atoms with Gasteiger partial charge in [0, 0.05) is 13.5 Å². The number of amides is 2. The second kappa shape index (κ2) is 7.25. The Balaban J connectivity index is 1.76. The zero-order valence-corrected chi connectivity index (χ0v) is 14.4. The average Bonchev–Trinajstić information content (AvgIpc) is 3.14. The van der Waals surface area contributed by atoms with Gasteiger partial charge in [-0.05, 0) is 30.2 Å². The first-order valence-electron chi connectivity index (χ1n) is 8.81. The molecule has 1 aliphatic heterocycles. The Hall–Kier alpha value is -2.37. The standard InChI is InChI=1S/C19H24N2O4/c1-12(22)20-16(13-6-3-2-4-7-13)10-17(23)21-11-14-8-5-9-15(14)18(21)19(24)25/h2-4,6-7,14-16,18H,5,8-11H2,1H3,(H,20,22)(H,24,25). The summed E-state index contributed by atoms with van der Waals surface area (Å²) in [5.41, 5.74) is 0.845. The van der Waals surface area contributed by atoms with Crippen LogP contribution < -0.4 is 5.32 Å². The van der Waals surface area contributed by atoms with Crippen molar-refractivity contribution in [2.45, 2.75) is 44.7 Å². The molecule has 134 valence electrons. The monoisotopic (exact) mass is 344 g/mol. The van der Waals surface area contributed by atoms with Gasteiger partial charge < -0.3 is 15.3 Å². The SMILES string of the molecule is CC(=O)NC(CC(=O)N1CC2CCCC2C1C(=O)O)c1ccccc1. The summed E-state index contributed by atoms with van der Waals surface area (Å²) >= 11 is 0. The summed E-state index contributed by atoms with van der Waals surface area (Å²) in [5.74, 6) is -0.976. The molecule has 3 rings (SSSR count). The van der Waals surface area contributed by atoms with Crippen molar-refractivity contribution in [3.63, 3.8) is 0 Å². The lowest BCUT2D eigenvalue weighted by Crippen LogP contribution is -2.44. The summed E-state index contributed by atoms with van der Waals surface area (Å²) in [6, 6.07) is 8.14. The molecule has 6 heteroatoms. The van der Waals surface area contributed by atoms with E-state index in [4.69, 9.17) is 0 Å². The van der Waals surface area contributed by atoms with E-state index < -0.39 is 18.1 Å². The van der Waals surface area contributed by atoms with Crippen LogP contribution in [0.25, 0.3) is 0 Å². The first-order valence-corrected chi connectivity index (χ1v) is 8.81. The molecule has 25 heavy (non-hydrogen) atoms. The fourth-order valence-electron chi connectivity index (χ4n) is 4.35. The van der Waals surface area contributed by atoms with Gasteiger partial charge in [-0.2, -0.15) is 0 Å². The van der Waals surface area contributed by atoms with Crippen LogP contribution in [0.15, 0.2) is 30.3 Å². The second-order valence-corrected chi connectivity index (χ2v) is 7.05. The normalized spacial score (nSPS) is 26.1. The van der Waals surface area contributed by atoms with Gasteiger partial charge in [-0.3, -0.25) is 9.59 Å². The minimum atomic E-state index is -0.918. The van der Waals surface area contributed by atoms with Gasteiger partial charge in [0.1, 0.15) is 6.04 Å². The fraction of sp³-hybridized carbons (Fsp3) is 0.526. The maximum atomic E-state index is 12.9. The number of carboxylic acid groups (broad SMARTS) is 1. The molecule has 2 aliphatic rings. The van der Waals surface area contributed by atoms with E-state index in [-0.39, 0.29) is 24.2 Å². The number of fused-ring (bicyclic) bond motifs is 1. The Morgan fingerprint density at radius 1 is 1.24 bits per heavy atom. The van der Waals surface area contributed by atoms with Gasteiger partial charge in [0.25, 0.3) is 0 Å². The lowest BCUT2D eigenvalue weighted by molar-refractivity contribution is -0.150. The summed E-state index contributed by atoms with van der Waals surface area (Å²) in [6.45, 7) is 1.93. The van der Waals surface area contributed by atoms with Crippen LogP contribution in [0.2, 0.25) is 0 Å². The lowest BCUT2D eigenvalue weighted by atomic mass is 9.94. The molecule has 2 N–H and O–H groups in total. The number of carbonyl (C=O) groups excluding carboxylic acids is 2. The van der Waals surface area contributed by atoms with Gasteiger partial charge in [-0.1, -0.05) is 36.8 Å². The molecule has 6 nitrogen and oxygen atoms in total. The Labute approximate surface area is 147 Å². The number of benzene rings is 1. The van der Waals surface area contributed by atoms with Crippen molar-refractivity contribution in [3.05, 3.63) is 35.9 Å². The average molecular weight is 344 g/mol. The molecule has 1 aliphatic carbocycles. The summed E-state index contributed by atoms with van der Waals surface area (Å²) < 4.78 is 0. The first kappa shape index (κ1) is 17.5. The molecular formula is C19H24N2O4. The van der Waals surface area contributed by atoms with Crippen LogP contribution >= 0.6 is 0 Å². The number of aliphatic carboxylic acids is 1. The molecule has 1 saturated heterocycles. The third-order valence-corrected chi connectivity index (χ3v) is 5.42. The molecule has 0 aromatic heterocycles. The van der Waals surface area contributed by atoms with E-state index in [0.717, 1.165) is 24.8 Å². The molecule has 2 fully saturated rings. The Kier molecular flexibility index (Phi) is 5.06. The van der Waals surface area contributed by atoms with E-state index in [2.05, 4.69) is 5.32 Å². The van der Waals surface area contributed by atoms with Crippen molar-refractivity contribution < 1.29 is 19.5 Å². The largest absolute Gasteiger partial charge is 0.480 e. The number of nitrogens with one attached hydrogen (secondary N) is 1. The highest BCUT2D eigenvalue weighted by Gasteiger charge is 2.49. The van der Waals surface area contributed by atoms with Crippen LogP contribution in [-0.4, -0.2) is 40.4 Å². The van der Waals surface area contributed by atoms with Gasteiger partial charge >= 0.3 is 5.97 Å². The van der Waals surface area contributed by atoms with E-state index in [1.165, 1.54) is 11.8 Å². The molecule has 1 heterocycles. The summed E-state index contributed by atoms with van der Waals surface area (Å²) in [6.07, 6.45) is 2.98. The van der Waals surface area contributed by atoms with Crippen molar-refractivity contribution in [2.75, 3.05) is 6.54 Å². The van der Waals surface area contributed by atoms with Crippen molar-refractivity contribution in [3.8, 4) is 0 Å². The third-order valence-electron chi connectivity index (χ3n) is 5.42. The highest BCUT2D eigenvalue weighted by Crippen LogP contribution is 2.42. The molecule has 1 saturated carbocycles. The Morgan fingerprint density at radius 3 is 2.60 bits per heavy atom. The topological polar surface area (TPSA) is 86.7 Å². The van der Waals surface area contributed by atoms with Crippen LogP contribution in [0.3, 0.4) is 0 Å². The summed E-state index contributed by atoms with van der Waals surface area (Å²) in [5, 5.41) is 12.4. The minimum Gasteiger partial charge on any atom is -0.480 e. The van der Waals surface area contributed by atoms with Crippen molar-refractivity contribution >= 4 is 17.8 Å². The highest BCUT2D eigenvalue weighted by atomic mass is 16.4. The molecular weight excluding hydrogens is 320 g/mol. The number of carbonyl (C=O) groups is 3. The number of hydrogen-bond donors (Lipinski definition) is 2. The molecule has 4 unspecified atom stereocenters. The number of rotatable bonds is 5. The molecule has 0 radical (unpaired) electrons. The van der Waals surface area contributed by atoms with E-state index >= 15 is 0 Å². The first-order chi connectivity index (χ1) is 12.0. The zero-order chi connectivity index (χ0) is 18.0. The molecule has 2 amide bonds. The number of nitrogens with zero attached hydrogens (tertiary/aromatic N) is 1. The van der Waals surface area contributed by atoms with E-state index in [9.17, 15) is 19.5 Å². The molecule has 4 atom stereocenters. The minimum absolute atomic E-state index is 0.0670. The fourth-order valence-corrected chi connectivity index (χ4v) is 4.35. The van der Waals surface area contributed by atoms with Gasteiger partial charge in [0.05, 0.1) is 12.5 Å². The van der Waals surface area contributed by atoms with Crippen LogP contribution in [0.4, 0.5) is 0 Å².